The van der Waals surface area contributed by atoms with Gasteiger partial charge in [0.1, 0.15) is 0 Å². The van der Waals surface area contributed by atoms with Crippen molar-refractivity contribution in [3.8, 4) is 0 Å². The molecule has 0 saturated heterocycles. The van der Waals surface area contributed by atoms with Crippen LogP contribution in [0.2, 0.25) is 0 Å². The van der Waals surface area contributed by atoms with E-state index in [1.165, 1.54) is 22.9 Å². The smallest absolute Gasteiger partial charge is 0.0587 e. The van der Waals surface area contributed by atoms with Crippen LogP contribution in [-0.2, 0) is 11.2 Å². The minimum Gasteiger partial charge on any atom is -0.383 e. The predicted molar refractivity (Wildman–Crippen MR) is 93.3 cm³/mol. The Kier molecular flexibility index (Phi) is 8.34. The molecule has 0 aromatic heterocycles. The summed E-state index contributed by atoms with van der Waals surface area (Å²) < 4.78 is 7.38. The third kappa shape index (κ3) is 7.21. The summed E-state index contributed by atoms with van der Waals surface area (Å²) in [5.74, 6) is 0. The average Bonchev–Trinajstić information content (AvgIpc) is 2.40. The molecular weight excluding hydrogens is 382 g/mol. The number of benzene rings is 1. The van der Waals surface area contributed by atoms with Crippen LogP contribution in [0.3, 0.4) is 0 Å². The van der Waals surface area contributed by atoms with E-state index in [4.69, 9.17) is 4.74 Å². The molecular formula is C16H25Br2NO. The van der Waals surface area contributed by atoms with Crippen LogP contribution in [0.1, 0.15) is 32.3 Å². The van der Waals surface area contributed by atoms with Crippen molar-refractivity contribution in [1.82, 2.24) is 5.32 Å². The second kappa shape index (κ2) is 9.19. The highest BCUT2D eigenvalue weighted by Crippen LogP contribution is 2.29. The Morgan fingerprint density at radius 3 is 2.60 bits per heavy atom. The van der Waals surface area contributed by atoms with Crippen molar-refractivity contribution in [3.63, 3.8) is 0 Å². The number of aryl methyl sites for hydroxylation is 1. The van der Waals surface area contributed by atoms with Crippen molar-refractivity contribution in [2.24, 2.45) is 5.41 Å². The fourth-order valence-corrected chi connectivity index (χ4v) is 2.91. The monoisotopic (exact) mass is 405 g/mol. The van der Waals surface area contributed by atoms with E-state index in [1.54, 1.807) is 7.11 Å². The number of rotatable bonds is 9. The molecule has 0 fully saturated rings. The molecule has 2 nitrogen and oxygen atoms in total. The number of ether oxygens (including phenoxy) is 1. The van der Waals surface area contributed by atoms with E-state index in [0.717, 1.165) is 30.6 Å². The first-order chi connectivity index (χ1) is 9.44. The van der Waals surface area contributed by atoms with E-state index in [2.05, 4.69) is 69.2 Å². The fourth-order valence-electron chi connectivity index (χ4n) is 2.06. The summed E-state index contributed by atoms with van der Waals surface area (Å²) in [6.45, 7) is 7.46. The Bertz CT molecular complexity index is 407. The molecule has 0 radical (unpaired) electrons. The first-order valence-electron chi connectivity index (χ1n) is 7.08. The molecule has 1 aromatic carbocycles. The van der Waals surface area contributed by atoms with Crippen molar-refractivity contribution >= 4 is 31.9 Å². The van der Waals surface area contributed by atoms with Crippen LogP contribution in [-0.4, -0.2) is 26.8 Å². The van der Waals surface area contributed by atoms with Gasteiger partial charge in [0.05, 0.1) is 6.61 Å². The second-order valence-corrected chi connectivity index (χ2v) is 7.66. The highest BCUT2D eigenvalue weighted by molar-refractivity contribution is 9.11. The third-order valence-electron chi connectivity index (χ3n) is 3.54. The summed E-state index contributed by atoms with van der Waals surface area (Å²) >= 11 is 7.17. The van der Waals surface area contributed by atoms with Gasteiger partial charge in [0.25, 0.3) is 0 Å². The summed E-state index contributed by atoms with van der Waals surface area (Å²) in [7, 11) is 1.74. The molecule has 0 aliphatic carbocycles. The Balaban J connectivity index is 2.36. The van der Waals surface area contributed by atoms with Crippen LogP contribution in [0, 0.1) is 5.41 Å². The summed E-state index contributed by atoms with van der Waals surface area (Å²) in [6.07, 6.45) is 3.47. The molecule has 0 aliphatic rings. The second-order valence-electron chi connectivity index (χ2n) is 5.89. The predicted octanol–water partition coefficient (Wildman–Crippen LogP) is 4.80. The summed E-state index contributed by atoms with van der Waals surface area (Å²) in [5, 5.41) is 3.42. The van der Waals surface area contributed by atoms with Gasteiger partial charge in [-0.1, -0.05) is 45.7 Å². The zero-order valence-corrected chi connectivity index (χ0v) is 15.8. The molecule has 1 aromatic rings. The van der Waals surface area contributed by atoms with Gasteiger partial charge in [-0.2, -0.15) is 0 Å². The number of hydrogen-bond donors (Lipinski definition) is 1. The lowest BCUT2D eigenvalue weighted by atomic mass is 9.83. The SMILES string of the molecule is COCCNCCC(C)(C)CCc1cc(Br)ccc1Br. The highest BCUT2D eigenvalue weighted by Gasteiger charge is 2.17. The minimum atomic E-state index is 0.349. The molecule has 0 aliphatic heterocycles. The molecule has 1 rings (SSSR count). The molecule has 0 amide bonds. The van der Waals surface area contributed by atoms with E-state index in [1.807, 2.05) is 0 Å². The van der Waals surface area contributed by atoms with E-state index < -0.39 is 0 Å². The fraction of sp³-hybridized carbons (Fsp3) is 0.625. The molecule has 114 valence electrons. The molecule has 0 atom stereocenters. The van der Waals surface area contributed by atoms with Crippen LogP contribution in [0.4, 0.5) is 0 Å². The van der Waals surface area contributed by atoms with Crippen molar-refractivity contribution < 1.29 is 4.74 Å². The van der Waals surface area contributed by atoms with Crippen LogP contribution in [0.25, 0.3) is 0 Å². The van der Waals surface area contributed by atoms with Crippen LogP contribution in [0.15, 0.2) is 27.1 Å². The van der Waals surface area contributed by atoms with Gasteiger partial charge >= 0.3 is 0 Å². The van der Waals surface area contributed by atoms with E-state index in [-0.39, 0.29) is 0 Å². The van der Waals surface area contributed by atoms with Crippen molar-refractivity contribution in [3.05, 3.63) is 32.7 Å². The Morgan fingerprint density at radius 1 is 1.15 bits per heavy atom. The zero-order chi connectivity index (χ0) is 15.0. The van der Waals surface area contributed by atoms with Gasteiger partial charge in [-0.3, -0.25) is 0 Å². The molecule has 0 saturated carbocycles. The maximum atomic E-state index is 5.03. The normalized spacial score (nSPS) is 11.8. The van der Waals surface area contributed by atoms with Gasteiger partial charge in [0.15, 0.2) is 0 Å². The summed E-state index contributed by atoms with van der Waals surface area (Å²) in [6, 6.07) is 6.38. The Morgan fingerprint density at radius 2 is 1.90 bits per heavy atom. The zero-order valence-electron chi connectivity index (χ0n) is 12.6. The minimum absolute atomic E-state index is 0.349. The molecule has 20 heavy (non-hydrogen) atoms. The summed E-state index contributed by atoms with van der Waals surface area (Å²) in [5.41, 5.74) is 1.72. The highest BCUT2D eigenvalue weighted by atomic mass is 79.9. The largest absolute Gasteiger partial charge is 0.383 e. The first-order valence-corrected chi connectivity index (χ1v) is 8.67. The van der Waals surface area contributed by atoms with Gasteiger partial charge < -0.3 is 10.1 Å². The third-order valence-corrected chi connectivity index (χ3v) is 4.81. The lowest BCUT2D eigenvalue weighted by Crippen LogP contribution is -2.25. The quantitative estimate of drug-likeness (QED) is 0.595. The average molecular weight is 407 g/mol. The van der Waals surface area contributed by atoms with Crippen molar-refractivity contribution in [1.29, 1.82) is 0 Å². The Hall–Kier alpha value is 0.1000. The number of methoxy groups -OCH3 is 1. The molecule has 0 heterocycles. The van der Waals surface area contributed by atoms with Crippen molar-refractivity contribution in [2.75, 3.05) is 26.8 Å². The van der Waals surface area contributed by atoms with Crippen LogP contribution >= 0.6 is 31.9 Å². The number of nitrogens with one attached hydrogen (secondary N) is 1. The van der Waals surface area contributed by atoms with E-state index in [0.29, 0.717) is 5.41 Å². The van der Waals surface area contributed by atoms with Gasteiger partial charge in [-0.25, -0.2) is 0 Å². The molecule has 0 spiro atoms. The van der Waals surface area contributed by atoms with E-state index in [9.17, 15) is 0 Å². The molecule has 4 heteroatoms. The van der Waals surface area contributed by atoms with Gasteiger partial charge in [0, 0.05) is 22.6 Å². The molecule has 0 unspecified atom stereocenters. The first kappa shape index (κ1) is 18.1. The van der Waals surface area contributed by atoms with Gasteiger partial charge in [-0.15, -0.1) is 0 Å². The molecule has 0 bridgehead atoms. The van der Waals surface area contributed by atoms with Crippen LogP contribution in [0.5, 0.6) is 0 Å². The maximum absolute atomic E-state index is 5.03. The van der Waals surface area contributed by atoms with Gasteiger partial charge in [-0.05, 0) is 55.0 Å². The summed E-state index contributed by atoms with van der Waals surface area (Å²) in [4.78, 5) is 0. The lowest BCUT2D eigenvalue weighted by Gasteiger charge is -2.25. The number of halogens is 2. The standard InChI is InChI=1S/C16H25Br2NO/c1-16(2,8-9-19-10-11-20-3)7-6-13-12-14(17)4-5-15(13)18/h4-5,12,19H,6-11H2,1-3H3. The topological polar surface area (TPSA) is 21.3 Å². The lowest BCUT2D eigenvalue weighted by molar-refractivity contribution is 0.197. The van der Waals surface area contributed by atoms with Crippen LogP contribution < -0.4 is 5.32 Å². The number of hydrogen-bond acceptors (Lipinski definition) is 2. The Labute approximate surface area is 139 Å². The molecule has 1 N–H and O–H groups in total. The maximum Gasteiger partial charge on any atom is 0.0587 e. The van der Waals surface area contributed by atoms with Crippen molar-refractivity contribution in [2.45, 2.75) is 33.1 Å². The van der Waals surface area contributed by atoms with Gasteiger partial charge in [0.2, 0.25) is 0 Å². The van der Waals surface area contributed by atoms with E-state index >= 15 is 0 Å².